The van der Waals surface area contributed by atoms with E-state index in [1.165, 1.54) is 24.1 Å². The zero-order valence-electron chi connectivity index (χ0n) is 16.8. The Labute approximate surface area is 170 Å². The van der Waals surface area contributed by atoms with Crippen molar-refractivity contribution in [1.82, 2.24) is 19.4 Å². The van der Waals surface area contributed by atoms with Crippen molar-refractivity contribution >= 4 is 11.2 Å². The van der Waals surface area contributed by atoms with Crippen LogP contribution in [0.4, 0.5) is 4.39 Å². The van der Waals surface area contributed by atoms with E-state index in [1.54, 1.807) is 12.1 Å². The van der Waals surface area contributed by atoms with Crippen molar-refractivity contribution in [3.05, 3.63) is 58.5 Å². The number of aliphatic hydroxyl groups is 1. The van der Waals surface area contributed by atoms with E-state index in [0.717, 1.165) is 48.4 Å². The van der Waals surface area contributed by atoms with Gasteiger partial charge in [-0.25, -0.2) is 14.4 Å². The third-order valence-electron chi connectivity index (χ3n) is 6.48. The van der Waals surface area contributed by atoms with E-state index in [9.17, 15) is 9.50 Å². The molecule has 1 aromatic carbocycles. The van der Waals surface area contributed by atoms with E-state index in [0.29, 0.717) is 18.2 Å². The highest BCUT2D eigenvalue weighted by molar-refractivity contribution is 5.79. The molecule has 1 saturated heterocycles. The van der Waals surface area contributed by atoms with Gasteiger partial charge in [0.1, 0.15) is 12.2 Å². The molecule has 0 spiro atoms. The molecule has 29 heavy (non-hydrogen) atoms. The van der Waals surface area contributed by atoms with Crippen molar-refractivity contribution in [2.45, 2.75) is 58.0 Å². The van der Waals surface area contributed by atoms with Crippen LogP contribution in [-0.2, 0) is 19.6 Å². The topological polar surface area (TPSA) is 54.2 Å². The van der Waals surface area contributed by atoms with Gasteiger partial charge in [-0.05, 0) is 37.4 Å². The molecule has 2 atom stereocenters. The monoisotopic (exact) mass is 394 g/mol. The molecule has 3 aromatic rings. The summed E-state index contributed by atoms with van der Waals surface area (Å²) >= 11 is 0. The van der Waals surface area contributed by atoms with Gasteiger partial charge in [0.25, 0.3) is 0 Å². The predicted octanol–water partition coefficient (Wildman–Crippen LogP) is 4.03. The summed E-state index contributed by atoms with van der Waals surface area (Å²) in [7, 11) is 0. The molecule has 1 N–H and O–H groups in total. The van der Waals surface area contributed by atoms with Crippen molar-refractivity contribution in [2.75, 3.05) is 13.1 Å². The normalized spacial score (nSPS) is 20.4. The van der Waals surface area contributed by atoms with Crippen LogP contribution in [-0.4, -0.2) is 37.6 Å². The number of rotatable bonds is 4. The molecule has 0 aliphatic carbocycles. The van der Waals surface area contributed by atoms with Crippen LogP contribution >= 0.6 is 0 Å². The summed E-state index contributed by atoms with van der Waals surface area (Å²) in [6, 6.07) is 7.52. The third kappa shape index (κ3) is 3.24. The Kier molecular flexibility index (Phi) is 4.84. The molecule has 0 bridgehead atoms. The lowest BCUT2D eigenvalue weighted by Gasteiger charge is -2.39. The SMILES string of the molecule is Cc1cnc2c(n1)c1c(n2CC(O)c2ccc(CF)cc2)CCN2CCCCC12. The van der Waals surface area contributed by atoms with Crippen LogP contribution in [0.25, 0.3) is 11.2 Å². The number of benzene rings is 1. The maximum absolute atomic E-state index is 12.8. The quantitative estimate of drug-likeness (QED) is 0.726. The molecule has 1 fully saturated rings. The molecule has 6 heteroatoms. The Bertz CT molecular complexity index is 1030. The molecule has 2 unspecified atom stereocenters. The summed E-state index contributed by atoms with van der Waals surface area (Å²) in [6.07, 6.45) is 5.77. The van der Waals surface area contributed by atoms with E-state index >= 15 is 0 Å². The molecule has 5 rings (SSSR count). The van der Waals surface area contributed by atoms with Crippen molar-refractivity contribution in [3.8, 4) is 0 Å². The average molecular weight is 394 g/mol. The molecule has 0 amide bonds. The molecule has 5 nitrogen and oxygen atoms in total. The zero-order valence-corrected chi connectivity index (χ0v) is 16.8. The maximum atomic E-state index is 12.8. The first-order valence-electron chi connectivity index (χ1n) is 10.6. The van der Waals surface area contributed by atoms with E-state index in [1.807, 2.05) is 25.3 Å². The molecule has 0 radical (unpaired) electrons. The van der Waals surface area contributed by atoms with E-state index < -0.39 is 12.8 Å². The fourth-order valence-electron chi connectivity index (χ4n) is 5.02. The van der Waals surface area contributed by atoms with Gasteiger partial charge in [0.05, 0.1) is 24.5 Å². The largest absolute Gasteiger partial charge is 0.387 e. The standard InChI is InChI=1S/C23H27FN4O/c1-15-13-25-23-22(26-15)21-18-4-2-3-10-27(18)11-9-19(21)28(23)14-20(29)17-7-5-16(12-24)6-8-17/h5-8,13,18,20,29H,2-4,9-12,14H2,1H3. The summed E-state index contributed by atoms with van der Waals surface area (Å²) in [4.78, 5) is 12.2. The molecule has 0 saturated carbocycles. The Morgan fingerprint density at radius 1 is 1.21 bits per heavy atom. The number of alkyl halides is 1. The van der Waals surface area contributed by atoms with E-state index in [-0.39, 0.29) is 0 Å². The number of aryl methyl sites for hydroxylation is 1. The third-order valence-corrected chi connectivity index (χ3v) is 6.48. The lowest BCUT2D eigenvalue weighted by Crippen LogP contribution is -2.39. The van der Waals surface area contributed by atoms with Gasteiger partial charge >= 0.3 is 0 Å². The summed E-state index contributed by atoms with van der Waals surface area (Å²) in [5.74, 6) is 0. The second kappa shape index (κ2) is 7.50. The molecule has 152 valence electrons. The summed E-state index contributed by atoms with van der Waals surface area (Å²) in [6.45, 7) is 4.14. The second-order valence-electron chi connectivity index (χ2n) is 8.34. The zero-order chi connectivity index (χ0) is 20.0. The minimum absolute atomic E-state index is 0.410. The summed E-state index contributed by atoms with van der Waals surface area (Å²) in [5.41, 5.74) is 6.81. The number of fused-ring (bicyclic) bond motifs is 5. The van der Waals surface area contributed by atoms with E-state index in [4.69, 9.17) is 9.97 Å². The molecule has 2 aliphatic rings. The summed E-state index contributed by atoms with van der Waals surface area (Å²) in [5, 5.41) is 10.9. The first-order chi connectivity index (χ1) is 14.2. The average Bonchev–Trinajstić information content (AvgIpc) is 3.07. The van der Waals surface area contributed by atoms with Gasteiger partial charge in [-0.3, -0.25) is 4.90 Å². The smallest absolute Gasteiger partial charge is 0.159 e. The van der Waals surface area contributed by atoms with Crippen LogP contribution < -0.4 is 0 Å². The van der Waals surface area contributed by atoms with Crippen LogP contribution in [0, 0.1) is 6.92 Å². The fourth-order valence-corrected chi connectivity index (χ4v) is 5.02. The van der Waals surface area contributed by atoms with Crippen molar-refractivity contribution in [1.29, 1.82) is 0 Å². The minimum atomic E-state index is -0.671. The van der Waals surface area contributed by atoms with Crippen molar-refractivity contribution in [3.63, 3.8) is 0 Å². The molecule has 2 aliphatic heterocycles. The number of hydrogen-bond acceptors (Lipinski definition) is 4. The first kappa shape index (κ1) is 18.7. The van der Waals surface area contributed by atoms with E-state index in [2.05, 4.69) is 9.47 Å². The first-order valence-corrected chi connectivity index (χ1v) is 10.6. The summed E-state index contributed by atoms with van der Waals surface area (Å²) < 4.78 is 15.0. The number of halogens is 1. The van der Waals surface area contributed by atoms with Gasteiger partial charge in [0.2, 0.25) is 0 Å². The number of hydrogen-bond donors (Lipinski definition) is 1. The Balaban J connectivity index is 1.57. The number of aliphatic hydroxyl groups excluding tert-OH is 1. The van der Waals surface area contributed by atoms with Gasteiger partial charge in [-0.1, -0.05) is 30.7 Å². The molecule has 4 heterocycles. The maximum Gasteiger partial charge on any atom is 0.159 e. The van der Waals surface area contributed by atoms with Crippen LogP contribution in [0.3, 0.4) is 0 Å². The van der Waals surface area contributed by atoms with Crippen LogP contribution in [0.1, 0.15) is 59.5 Å². The minimum Gasteiger partial charge on any atom is -0.387 e. The number of aromatic nitrogens is 3. The van der Waals surface area contributed by atoms with Gasteiger partial charge < -0.3 is 9.67 Å². The predicted molar refractivity (Wildman–Crippen MR) is 110 cm³/mol. The van der Waals surface area contributed by atoms with Gasteiger partial charge in [-0.15, -0.1) is 0 Å². The molecular formula is C23H27FN4O. The Hall–Kier alpha value is -2.31. The lowest BCUT2D eigenvalue weighted by atomic mass is 9.90. The number of piperidine rings is 1. The highest BCUT2D eigenvalue weighted by Gasteiger charge is 2.35. The fraction of sp³-hybridized carbons (Fsp3) is 0.478. The molecular weight excluding hydrogens is 367 g/mol. The Morgan fingerprint density at radius 3 is 2.83 bits per heavy atom. The van der Waals surface area contributed by atoms with Crippen LogP contribution in [0.2, 0.25) is 0 Å². The molecule has 2 aromatic heterocycles. The van der Waals surface area contributed by atoms with Crippen LogP contribution in [0.5, 0.6) is 0 Å². The van der Waals surface area contributed by atoms with Crippen molar-refractivity contribution in [2.24, 2.45) is 0 Å². The highest BCUT2D eigenvalue weighted by Crippen LogP contribution is 2.41. The van der Waals surface area contributed by atoms with Gasteiger partial charge in [0, 0.05) is 30.3 Å². The van der Waals surface area contributed by atoms with Gasteiger partial charge in [-0.2, -0.15) is 0 Å². The Morgan fingerprint density at radius 2 is 2.03 bits per heavy atom. The highest BCUT2D eigenvalue weighted by atomic mass is 19.1. The van der Waals surface area contributed by atoms with Gasteiger partial charge in [0.15, 0.2) is 5.65 Å². The van der Waals surface area contributed by atoms with Crippen LogP contribution in [0.15, 0.2) is 30.5 Å². The number of nitrogens with zero attached hydrogens (tertiary/aromatic N) is 4. The second-order valence-corrected chi connectivity index (χ2v) is 8.34. The van der Waals surface area contributed by atoms with Crippen molar-refractivity contribution < 1.29 is 9.50 Å². The lowest BCUT2D eigenvalue weighted by molar-refractivity contribution is 0.133.